The molecule has 0 unspecified atom stereocenters. The number of carbonyl (C=O) groups is 1. The van der Waals surface area contributed by atoms with Crippen LogP contribution >= 0.6 is 0 Å². The molecule has 1 aliphatic rings. The van der Waals surface area contributed by atoms with Crippen LogP contribution in [0.25, 0.3) is 0 Å². The van der Waals surface area contributed by atoms with E-state index in [9.17, 15) is 9.90 Å². The average molecular weight is 276 g/mol. The maximum atomic E-state index is 11.8. The van der Waals surface area contributed by atoms with Crippen LogP contribution in [0.3, 0.4) is 0 Å². The Bertz CT molecular complexity index is 438. The van der Waals surface area contributed by atoms with Gasteiger partial charge < -0.3 is 10.4 Å². The van der Waals surface area contributed by atoms with E-state index in [1.807, 2.05) is 24.1 Å². The third-order valence-electron chi connectivity index (χ3n) is 3.80. The van der Waals surface area contributed by atoms with E-state index in [2.05, 4.69) is 24.4 Å². The minimum atomic E-state index is -0.122. The molecule has 1 saturated carbocycles. The number of likely N-dealkylation sites (N-methyl/N-ethyl adjacent to an activating group) is 1. The molecule has 0 spiro atoms. The summed E-state index contributed by atoms with van der Waals surface area (Å²) in [7, 11) is 1.95. The van der Waals surface area contributed by atoms with Crippen molar-refractivity contribution in [3.05, 3.63) is 35.4 Å². The van der Waals surface area contributed by atoms with Crippen LogP contribution in [0.1, 0.15) is 24.0 Å². The Hall–Kier alpha value is -1.39. The quantitative estimate of drug-likeness (QED) is 0.824. The number of carbonyl (C=O) groups excluding carboxylic acids is 1. The van der Waals surface area contributed by atoms with Gasteiger partial charge in [0.25, 0.3) is 0 Å². The molecule has 2 N–H and O–H groups in total. The zero-order chi connectivity index (χ0) is 14.5. The van der Waals surface area contributed by atoms with Gasteiger partial charge in [0, 0.05) is 13.1 Å². The van der Waals surface area contributed by atoms with E-state index in [-0.39, 0.29) is 12.0 Å². The number of hydrogen-bond acceptors (Lipinski definition) is 3. The summed E-state index contributed by atoms with van der Waals surface area (Å²) < 4.78 is 0. The predicted octanol–water partition coefficient (Wildman–Crippen LogP) is 1.31. The number of aryl methyl sites for hydroxylation is 1. The summed E-state index contributed by atoms with van der Waals surface area (Å²) in [6, 6.07) is 8.18. The van der Waals surface area contributed by atoms with E-state index in [1.165, 1.54) is 5.56 Å². The van der Waals surface area contributed by atoms with Crippen molar-refractivity contribution in [2.24, 2.45) is 5.92 Å². The molecular formula is C16H24N2O2. The van der Waals surface area contributed by atoms with Gasteiger partial charge in [-0.15, -0.1) is 0 Å². The summed E-state index contributed by atoms with van der Waals surface area (Å²) in [5, 5.41) is 12.2. The Kier molecular flexibility index (Phi) is 5.15. The summed E-state index contributed by atoms with van der Waals surface area (Å²) in [6.07, 6.45) is 1.62. The Morgan fingerprint density at radius 1 is 1.35 bits per heavy atom. The molecule has 0 aromatic heterocycles. The number of nitrogens with zero attached hydrogens (tertiary/aromatic N) is 1. The SMILES string of the molecule is Cc1ccc(CNC(=O)CN(C)CC2CC(O)C2)cc1. The van der Waals surface area contributed by atoms with Crippen molar-refractivity contribution in [1.82, 2.24) is 10.2 Å². The van der Waals surface area contributed by atoms with Gasteiger partial charge in [-0.3, -0.25) is 9.69 Å². The van der Waals surface area contributed by atoms with Crippen LogP contribution in [0.5, 0.6) is 0 Å². The standard InChI is InChI=1S/C16H24N2O2/c1-12-3-5-13(6-4-12)9-17-16(20)11-18(2)10-14-7-15(19)8-14/h3-6,14-15,19H,7-11H2,1-2H3,(H,17,20). The van der Waals surface area contributed by atoms with Crippen molar-refractivity contribution in [2.45, 2.75) is 32.4 Å². The lowest BCUT2D eigenvalue weighted by Crippen LogP contribution is -2.41. The molecule has 1 aromatic carbocycles. The molecule has 4 heteroatoms. The highest BCUT2D eigenvalue weighted by Gasteiger charge is 2.28. The molecule has 1 amide bonds. The maximum absolute atomic E-state index is 11.8. The van der Waals surface area contributed by atoms with Gasteiger partial charge >= 0.3 is 0 Å². The topological polar surface area (TPSA) is 52.6 Å². The third-order valence-corrected chi connectivity index (χ3v) is 3.80. The number of hydrogen-bond donors (Lipinski definition) is 2. The molecule has 0 heterocycles. The molecule has 1 aliphatic carbocycles. The molecular weight excluding hydrogens is 252 g/mol. The molecule has 20 heavy (non-hydrogen) atoms. The predicted molar refractivity (Wildman–Crippen MR) is 79.3 cm³/mol. The molecule has 110 valence electrons. The van der Waals surface area contributed by atoms with Gasteiger partial charge in [-0.05, 0) is 38.3 Å². The van der Waals surface area contributed by atoms with Gasteiger partial charge in [0.15, 0.2) is 0 Å². The van der Waals surface area contributed by atoms with Crippen LogP contribution in [0.15, 0.2) is 24.3 Å². The van der Waals surface area contributed by atoms with E-state index in [4.69, 9.17) is 0 Å². The highest BCUT2D eigenvalue weighted by molar-refractivity contribution is 5.77. The van der Waals surface area contributed by atoms with E-state index in [0.717, 1.165) is 24.9 Å². The largest absolute Gasteiger partial charge is 0.393 e. The fourth-order valence-corrected chi connectivity index (χ4v) is 2.56. The molecule has 4 nitrogen and oxygen atoms in total. The van der Waals surface area contributed by atoms with Crippen LogP contribution in [0, 0.1) is 12.8 Å². The third kappa shape index (κ3) is 4.62. The lowest BCUT2D eigenvalue weighted by molar-refractivity contribution is -0.122. The van der Waals surface area contributed by atoms with Crippen LogP contribution in [0.4, 0.5) is 0 Å². The summed E-state index contributed by atoms with van der Waals surface area (Å²) >= 11 is 0. The molecule has 0 aliphatic heterocycles. The normalized spacial score (nSPS) is 21.6. The molecule has 0 bridgehead atoms. The highest BCUT2D eigenvalue weighted by Crippen LogP contribution is 2.27. The first kappa shape index (κ1) is 15.0. The molecule has 1 fully saturated rings. The van der Waals surface area contributed by atoms with Crippen LogP contribution < -0.4 is 5.32 Å². The molecule has 2 rings (SSSR count). The first-order valence-electron chi connectivity index (χ1n) is 7.22. The van der Waals surface area contributed by atoms with Gasteiger partial charge in [-0.25, -0.2) is 0 Å². The number of benzene rings is 1. The van der Waals surface area contributed by atoms with Crippen molar-refractivity contribution in [3.8, 4) is 0 Å². The highest BCUT2D eigenvalue weighted by atomic mass is 16.3. The first-order chi connectivity index (χ1) is 9.52. The van der Waals surface area contributed by atoms with E-state index < -0.39 is 0 Å². The van der Waals surface area contributed by atoms with E-state index in [0.29, 0.717) is 19.0 Å². The molecule has 1 aromatic rings. The average Bonchev–Trinajstić information content (AvgIpc) is 2.36. The Morgan fingerprint density at radius 2 is 2.00 bits per heavy atom. The first-order valence-corrected chi connectivity index (χ1v) is 7.22. The molecule has 0 atom stereocenters. The van der Waals surface area contributed by atoms with Crippen LogP contribution in [-0.4, -0.2) is 42.2 Å². The van der Waals surface area contributed by atoms with Gasteiger partial charge in [-0.2, -0.15) is 0 Å². The van der Waals surface area contributed by atoms with Gasteiger partial charge in [0.2, 0.25) is 5.91 Å². The van der Waals surface area contributed by atoms with Gasteiger partial charge in [0.1, 0.15) is 0 Å². The number of amides is 1. The second kappa shape index (κ2) is 6.86. The Balaban J connectivity index is 1.65. The smallest absolute Gasteiger partial charge is 0.234 e. The zero-order valence-electron chi connectivity index (χ0n) is 12.3. The van der Waals surface area contributed by atoms with Crippen molar-refractivity contribution in [3.63, 3.8) is 0 Å². The van der Waals surface area contributed by atoms with Gasteiger partial charge in [-0.1, -0.05) is 29.8 Å². The summed E-state index contributed by atoms with van der Waals surface area (Å²) in [5.74, 6) is 0.591. The summed E-state index contributed by atoms with van der Waals surface area (Å²) in [6.45, 7) is 3.93. The Labute approximate surface area is 120 Å². The second-order valence-electron chi connectivity index (χ2n) is 5.95. The van der Waals surface area contributed by atoms with E-state index in [1.54, 1.807) is 0 Å². The number of aliphatic hydroxyl groups excluding tert-OH is 1. The van der Waals surface area contributed by atoms with Crippen LogP contribution in [0.2, 0.25) is 0 Å². The summed E-state index contributed by atoms with van der Waals surface area (Å²) in [5.41, 5.74) is 2.34. The zero-order valence-corrected chi connectivity index (χ0v) is 12.3. The monoisotopic (exact) mass is 276 g/mol. The lowest BCUT2D eigenvalue weighted by atomic mass is 9.82. The molecule has 0 radical (unpaired) electrons. The lowest BCUT2D eigenvalue weighted by Gasteiger charge is -2.34. The number of rotatable bonds is 6. The minimum Gasteiger partial charge on any atom is -0.393 e. The fraction of sp³-hybridized carbons (Fsp3) is 0.562. The minimum absolute atomic E-state index is 0.0490. The van der Waals surface area contributed by atoms with Crippen molar-refractivity contribution in [2.75, 3.05) is 20.1 Å². The summed E-state index contributed by atoms with van der Waals surface area (Å²) in [4.78, 5) is 13.9. The van der Waals surface area contributed by atoms with Crippen LogP contribution in [-0.2, 0) is 11.3 Å². The van der Waals surface area contributed by atoms with E-state index >= 15 is 0 Å². The number of aliphatic hydroxyl groups is 1. The maximum Gasteiger partial charge on any atom is 0.234 e. The fourth-order valence-electron chi connectivity index (χ4n) is 2.56. The van der Waals surface area contributed by atoms with Crippen molar-refractivity contribution in [1.29, 1.82) is 0 Å². The van der Waals surface area contributed by atoms with Crippen molar-refractivity contribution >= 4 is 5.91 Å². The number of nitrogens with one attached hydrogen (secondary N) is 1. The van der Waals surface area contributed by atoms with Crippen molar-refractivity contribution < 1.29 is 9.90 Å². The molecule has 0 saturated heterocycles. The second-order valence-corrected chi connectivity index (χ2v) is 5.95. The Morgan fingerprint density at radius 3 is 2.60 bits per heavy atom. The van der Waals surface area contributed by atoms with Gasteiger partial charge in [0.05, 0.1) is 12.6 Å².